The van der Waals surface area contributed by atoms with E-state index >= 15 is 0 Å². The second-order valence-corrected chi connectivity index (χ2v) is 12.2. The minimum absolute atomic E-state index is 0.0103. The van der Waals surface area contributed by atoms with E-state index in [-0.39, 0.29) is 34.8 Å². The second kappa shape index (κ2) is 9.34. The highest BCUT2D eigenvalue weighted by Gasteiger charge is 2.31. The molecule has 2 aliphatic rings. The van der Waals surface area contributed by atoms with Crippen molar-refractivity contribution < 1.29 is 26.0 Å². The fraction of sp³-hybridized carbons (Fsp3) is 0.476. The molecule has 2 atom stereocenters. The summed E-state index contributed by atoms with van der Waals surface area (Å²) in [7, 11) is -7.06. The van der Waals surface area contributed by atoms with Gasteiger partial charge in [0.15, 0.2) is 9.84 Å². The number of nitrogens with zero attached hydrogens (tertiary/aromatic N) is 1. The van der Waals surface area contributed by atoms with Gasteiger partial charge in [-0.1, -0.05) is 0 Å². The van der Waals surface area contributed by atoms with Gasteiger partial charge in [0.05, 0.1) is 28.7 Å². The first-order chi connectivity index (χ1) is 15.2. The minimum atomic E-state index is -3.87. The fourth-order valence-electron chi connectivity index (χ4n) is 4.20. The van der Waals surface area contributed by atoms with Crippen LogP contribution in [0.15, 0.2) is 52.0 Å². The Morgan fingerprint density at radius 1 is 1.16 bits per heavy atom. The van der Waals surface area contributed by atoms with E-state index in [1.165, 1.54) is 24.3 Å². The van der Waals surface area contributed by atoms with Crippen LogP contribution in [0.1, 0.15) is 41.4 Å². The molecule has 2 N–H and O–H groups in total. The van der Waals surface area contributed by atoms with Crippen molar-refractivity contribution >= 4 is 25.8 Å². The van der Waals surface area contributed by atoms with Crippen LogP contribution in [0.2, 0.25) is 0 Å². The molecule has 11 heteroatoms. The van der Waals surface area contributed by atoms with Crippen LogP contribution in [-0.2, 0) is 19.9 Å². The summed E-state index contributed by atoms with van der Waals surface area (Å²) in [6, 6.07) is 8.66. The van der Waals surface area contributed by atoms with Crippen LogP contribution in [0, 0.1) is 0 Å². The van der Waals surface area contributed by atoms with Gasteiger partial charge in [0, 0.05) is 18.2 Å². The number of hydrogen-bond acceptors (Lipinski definition) is 7. The molecule has 4 rings (SSSR count). The van der Waals surface area contributed by atoms with Crippen LogP contribution in [-0.4, -0.2) is 64.8 Å². The first kappa shape index (κ1) is 23.0. The maximum absolute atomic E-state index is 12.7. The lowest BCUT2D eigenvalue weighted by Gasteiger charge is -2.26. The van der Waals surface area contributed by atoms with Gasteiger partial charge in [-0.3, -0.25) is 9.69 Å². The first-order valence-electron chi connectivity index (χ1n) is 10.6. The van der Waals surface area contributed by atoms with Crippen molar-refractivity contribution in [2.45, 2.75) is 36.2 Å². The highest BCUT2D eigenvalue weighted by molar-refractivity contribution is 7.92. The molecule has 2 aliphatic heterocycles. The Hall–Kier alpha value is -2.21. The second-order valence-electron chi connectivity index (χ2n) is 8.23. The number of carbonyl (C=O) groups excluding carboxylic acids is 1. The lowest BCUT2D eigenvalue weighted by Crippen LogP contribution is -2.36. The van der Waals surface area contributed by atoms with E-state index in [2.05, 4.69) is 14.9 Å². The quantitative estimate of drug-likeness (QED) is 0.582. The summed E-state index contributed by atoms with van der Waals surface area (Å²) in [5.41, 5.74) is 0.340. The third-order valence-electron chi connectivity index (χ3n) is 5.89. The lowest BCUT2D eigenvalue weighted by atomic mass is 10.1. The van der Waals surface area contributed by atoms with Gasteiger partial charge in [0.25, 0.3) is 5.91 Å². The predicted molar refractivity (Wildman–Crippen MR) is 118 cm³/mol. The Morgan fingerprint density at radius 2 is 1.88 bits per heavy atom. The van der Waals surface area contributed by atoms with Crippen molar-refractivity contribution in [2.24, 2.45) is 0 Å². The summed E-state index contributed by atoms with van der Waals surface area (Å²) in [4.78, 5) is 14.9. The topological polar surface area (TPSA) is 126 Å². The van der Waals surface area contributed by atoms with Crippen molar-refractivity contribution in [3.63, 3.8) is 0 Å². The third kappa shape index (κ3) is 5.40. The van der Waals surface area contributed by atoms with E-state index in [0.29, 0.717) is 12.1 Å². The number of furan rings is 1. The number of carbonyl (C=O) groups is 1. The third-order valence-corrected chi connectivity index (χ3v) is 9.19. The maximum atomic E-state index is 12.7. The molecule has 0 bridgehead atoms. The average Bonchev–Trinajstić information content (AvgIpc) is 3.51. The number of amides is 1. The first-order valence-corrected chi connectivity index (χ1v) is 13.9. The summed E-state index contributed by atoms with van der Waals surface area (Å²) in [6.07, 6.45) is 4.11. The van der Waals surface area contributed by atoms with Crippen molar-refractivity contribution in [1.82, 2.24) is 14.9 Å². The molecular formula is C21H27N3O6S2. The molecule has 2 aromatic rings. The summed E-state index contributed by atoms with van der Waals surface area (Å²) in [5.74, 6) is 0.282. The van der Waals surface area contributed by atoms with Gasteiger partial charge in [-0.15, -0.1) is 0 Å². The van der Waals surface area contributed by atoms with Crippen molar-refractivity contribution in [1.29, 1.82) is 0 Å². The zero-order chi connectivity index (χ0) is 22.8. The van der Waals surface area contributed by atoms with Gasteiger partial charge in [-0.25, -0.2) is 21.6 Å². The van der Waals surface area contributed by atoms with E-state index in [4.69, 9.17) is 4.42 Å². The van der Waals surface area contributed by atoms with Crippen LogP contribution < -0.4 is 10.0 Å². The number of benzene rings is 1. The van der Waals surface area contributed by atoms with Crippen molar-refractivity contribution in [3.8, 4) is 0 Å². The molecule has 2 fully saturated rings. The zero-order valence-electron chi connectivity index (χ0n) is 17.6. The Bertz CT molecular complexity index is 1140. The van der Waals surface area contributed by atoms with Gasteiger partial charge >= 0.3 is 0 Å². The summed E-state index contributed by atoms with van der Waals surface area (Å²) in [6.45, 7) is 2.27. The summed E-state index contributed by atoms with van der Waals surface area (Å²) >= 11 is 0. The highest BCUT2D eigenvalue weighted by atomic mass is 32.2. The van der Waals surface area contributed by atoms with E-state index in [9.17, 15) is 21.6 Å². The van der Waals surface area contributed by atoms with E-state index in [1.807, 2.05) is 12.1 Å². The van der Waals surface area contributed by atoms with E-state index in [0.717, 1.165) is 31.7 Å². The van der Waals surface area contributed by atoms with Crippen molar-refractivity contribution in [2.75, 3.05) is 31.1 Å². The summed E-state index contributed by atoms with van der Waals surface area (Å²) < 4.78 is 56.2. The lowest BCUT2D eigenvalue weighted by molar-refractivity contribution is 0.0933. The number of rotatable bonds is 8. The van der Waals surface area contributed by atoms with Gasteiger partial charge in [-0.05, 0) is 68.8 Å². The van der Waals surface area contributed by atoms with Gasteiger partial charge < -0.3 is 9.73 Å². The fourth-order valence-corrected chi connectivity index (χ4v) is 7.25. The van der Waals surface area contributed by atoms with Crippen LogP contribution >= 0.6 is 0 Å². The Balaban J connectivity index is 1.38. The van der Waals surface area contributed by atoms with E-state index in [1.54, 1.807) is 6.26 Å². The van der Waals surface area contributed by atoms with Crippen molar-refractivity contribution in [3.05, 3.63) is 54.0 Å². The number of sulfonamides is 1. The largest absolute Gasteiger partial charge is 0.468 e. The predicted octanol–water partition coefficient (Wildman–Crippen LogP) is 1.31. The molecule has 1 aromatic carbocycles. The molecule has 1 amide bonds. The van der Waals surface area contributed by atoms with Crippen LogP contribution in [0.5, 0.6) is 0 Å². The molecule has 174 valence electrons. The molecule has 32 heavy (non-hydrogen) atoms. The number of likely N-dealkylation sites (tertiary alicyclic amines) is 1. The monoisotopic (exact) mass is 481 g/mol. The van der Waals surface area contributed by atoms with Gasteiger partial charge in [-0.2, -0.15) is 0 Å². The number of sulfone groups is 1. The molecule has 2 unspecified atom stereocenters. The molecule has 0 spiro atoms. The minimum Gasteiger partial charge on any atom is -0.468 e. The average molecular weight is 482 g/mol. The molecule has 2 saturated heterocycles. The highest BCUT2D eigenvalue weighted by Crippen LogP contribution is 2.25. The van der Waals surface area contributed by atoms with E-state index < -0.39 is 25.9 Å². The summed E-state index contributed by atoms with van der Waals surface area (Å²) in [5, 5.41) is 2.92. The normalized spacial score (nSPS) is 22.1. The van der Waals surface area contributed by atoms with Crippen LogP contribution in [0.25, 0.3) is 0 Å². The van der Waals surface area contributed by atoms with Gasteiger partial charge in [0.1, 0.15) is 5.76 Å². The Morgan fingerprint density at radius 3 is 2.47 bits per heavy atom. The van der Waals surface area contributed by atoms with Crippen LogP contribution in [0.4, 0.5) is 0 Å². The maximum Gasteiger partial charge on any atom is 0.251 e. The number of nitrogens with one attached hydrogen (secondary N) is 2. The Kier molecular flexibility index (Phi) is 6.70. The smallest absolute Gasteiger partial charge is 0.251 e. The van der Waals surface area contributed by atoms with Crippen LogP contribution in [0.3, 0.4) is 0 Å². The molecular weight excluding hydrogens is 454 g/mol. The molecule has 3 heterocycles. The van der Waals surface area contributed by atoms with Gasteiger partial charge in [0.2, 0.25) is 10.0 Å². The molecule has 0 aliphatic carbocycles. The zero-order valence-corrected chi connectivity index (χ0v) is 19.2. The molecule has 9 nitrogen and oxygen atoms in total. The molecule has 0 saturated carbocycles. The SMILES string of the molecule is O=C(NCC(c1ccco1)N1CCCC1)c1ccc(S(=O)(=O)NC2CCS(=O)(=O)C2)cc1. The molecule has 1 aromatic heterocycles. The Labute approximate surface area is 188 Å². The number of hydrogen-bond donors (Lipinski definition) is 2. The molecule has 0 radical (unpaired) electrons. The standard InChI is InChI=1S/C21H27N3O6S2/c25-21(22-14-19(20-4-3-12-30-20)24-10-1-2-11-24)16-5-7-18(8-6-16)32(28,29)23-17-9-13-31(26,27)15-17/h3-8,12,17,19,23H,1-2,9-11,13-15H2,(H,22,25).